The summed E-state index contributed by atoms with van der Waals surface area (Å²) in [5.41, 5.74) is 0. The summed E-state index contributed by atoms with van der Waals surface area (Å²) in [5.74, 6) is 0. The first-order valence-electron chi connectivity index (χ1n) is 10.9. The lowest BCUT2D eigenvalue weighted by Gasteiger charge is -2.03. The van der Waals surface area contributed by atoms with Crippen LogP contribution in [0.25, 0.3) is 0 Å². The monoisotopic (exact) mass is 335 g/mol. The fourth-order valence-corrected chi connectivity index (χ4v) is 3.45. The van der Waals surface area contributed by atoms with Crippen LogP contribution in [0.15, 0.2) is 18.7 Å². The van der Waals surface area contributed by atoms with Gasteiger partial charge in [0.2, 0.25) is 6.33 Å². The Bertz CT molecular complexity index is 370. The van der Waals surface area contributed by atoms with Gasteiger partial charge < -0.3 is 0 Å². The second-order valence-electron chi connectivity index (χ2n) is 7.49. The van der Waals surface area contributed by atoms with E-state index >= 15 is 0 Å². The van der Waals surface area contributed by atoms with Gasteiger partial charge in [0.1, 0.15) is 12.4 Å². The molecule has 0 unspecified atom stereocenters. The highest BCUT2D eigenvalue weighted by atomic mass is 15.1. The molecule has 0 aromatic carbocycles. The molecule has 1 aromatic heterocycles. The zero-order valence-electron chi connectivity index (χ0n) is 16.6. The molecule has 1 aromatic rings. The molecule has 2 nitrogen and oxygen atoms in total. The molecular weight excluding hydrogens is 292 g/mol. The largest absolute Gasteiger partial charge is 0.243 e. The number of hydrogen-bond donors (Lipinski definition) is 0. The first kappa shape index (κ1) is 21.3. The van der Waals surface area contributed by atoms with Crippen LogP contribution in [0.2, 0.25) is 0 Å². The number of unbranched alkanes of at least 4 members (excludes halogenated alkanes) is 13. The molecule has 1 heterocycles. The van der Waals surface area contributed by atoms with Crippen molar-refractivity contribution >= 4 is 0 Å². The Morgan fingerprint density at radius 2 is 1.12 bits per heavy atom. The Kier molecular flexibility index (Phi) is 13.9. The van der Waals surface area contributed by atoms with Crippen molar-refractivity contribution in [3.05, 3.63) is 18.7 Å². The highest BCUT2D eigenvalue weighted by Crippen LogP contribution is 2.13. The first-order valence-corrected chi connectivity index (χ1v) is 10.9. The van der Waals surface area contributed by atoms with Gasteiger partial charge in [0, 0.05) is 0 Å². The van der Waals surface area contributed by atoms with E-state index in [1.54, 1.807) is 0 Å². The summed E-state index contributed by atoms with van der Waals surface area (Å²) in [4.78, 5) is 0. The van der Waals surface area contributed by atoms with Gasteiger partial charge in [-0.2, -0.15) is 0 Å². The van der Waals surface area contributed by atoms with Crippen molar-refractivity contribution in [1.82, 2.24) is 4.57 Å². The molecule has 0 atom stereocenters. The van der Waals surface area contributed by atoms with Gasteiger partial charge in [-0.3, -0.25) is 0 Å². The predicted molar refractivity (Wildman–Crippen MR) is 105 cm³/mol. The molecule has 0 aliphatic heterocycles. The molecule has 0 aliphatic carbocycles. The van der Waals surface area contributed by atoms with Crippen LogP contribution < -0.4 is 4.57 Å². The minimum Gasteiger partial charge on any atom is -0.237 e. The van der Waals surface area contributed by atoms with Gasteiger partial charge in [0.05, 0.1) is 13.1 Å². The number of aryl methyl sites for hydroxylation is 2. The number of nitrogens with zero attached hydrogens (tertiary/aromatic N) is 2. The maximum atomic E-state index is 2.34. The molecule has 0 aliphatic rings. The van der Waals surface area contributed by atoms with Crippen molar-refractivity contribution < 1.29 is 4.57 Å². The third-order valence-electron chi connectivity index (χ3n) is 5.00. The van der Waals surface area contributed by atoms with Crippen LogP contribution in [-0.2, 0) is 13.1 Å². The molecule has 140 valence electrons. The van der Waals surface area contributed by atoms with Gasteiger partial charge in [-0.1, -0.05) is 90.9 Å². The Morgan fingerprint density at radius 1 is 0.625 bits per heavy atom. The molecule has 0 fully saturated rings. The fraction of sp³-hybridized carbons (Fsp3) is 0.864. The van der Waals surface area contributed by atoms with E-state index in [2.05, 4.69) is 41.7 Å². The van der Waals surface area contributed by atoms with Gasteiger partial charge in [0.25, 0.3) is 0 Å². The predicted octanol–water partition coefficient (Wildman–Crippen LogP) is 6.67. The summed E-state index contributed by atoms with van der Waals surface area (Å²) >= 11 is 0. The number of aromatic nitrogens is 2. The highest BCUT2D eigenvalue weighted by Gasteiger charge is 2.02. The number of imidazole rings is 1. The lowest BCUT2D eigenvalue weighted by molar-refractivity contribution is -0.696. The Hall–Kier alpha value is -0.790. The van der Waals surface area contributed by atoms with Crippen molar-refractivity contribution in [2.45, 2.75) is 123 Å². The van der Waals surface area contributed by atoms with Crippen LogP contribution in [0.4, 0.5) is 0 Å². The Labute approximate surface area is 151 Å². The van der Waals surface area contributed by atoms with E-state index in [4.69, 9.17) is 0 Å². The number of rotatable bonds is 17. The molecule has 1 rings (SSSR count). The van der Waals surface area contributed by atoms with Crippen molar-refractivity contribution in [1.29, 1.82) is 0 Å². The molecule has 0 saturated carbocycles. The van der Waals surface area contributed by atoms with Crippen molar-refractivity contribution in [2.24, 2.45) is 0 Å². The van der Waals surface area contributed by atoms with E-state index < -0.39 is 0 Å². The zero-order chi connectivity index (χ0) is 17.3. The molecule has 24 heavy (non-hydrogen) atoms. The van der Waals surface area contributed by atoms with Gasteiger partial charge >= 0.3 is 0 Å². The summed E-state index contributed by atoms with van der Waals surface area (Å²) in [6.07, 6.45) is 28.0. The summed E-state index contributed by atoms with van der Waals surface area (Å²) in [6.45, 7) is 6.86. The SMILES string of the molecule is CCCCCCCCCCCCCCCCn1cc[n+](CCC)c1. The lowest BCUT2D eigenvalue weighted by Crippen LogP contribution is -2.30. The van der Waals surface area contributed by atoms with Crippen molar-refractivity contribution in [2.75, 3.05) is 0 Å². The average molecular weight is 336 g/mol. The summed E-state index contributed by atoms with van der Waals surface area (Å²) in [7, 11) is 0. The van der Waals surface area contributed by atoms with Gasteiger partial charge in [-0.15, -0.1) is 0 Å². The molecule has 0 bridgehead atoms. The van der Waals surface area contributed by atoms with E-state index in [0.717, 1.165) is 6.54 Å². The highest BCUT2D eigenvalue weighted by molar-refractivity contribution is 4.66. The van der Waals surface area contributed by atoms with Crippen molar-refractivity contribution in [3.8, 4) is 0 Å². The zero-order valence-corrected chi connectivity index (χ0v) is 16.6. The van der Waals surface area contributed by atoms with E-state index in [1.165, 1.54) is 103 Å². The van der Waals surface area contributed by atoms with Crippen LogP contribution in [0.5, 0.6) is 0 Å². The van der Waals surface area contributed by atoms with Crippen LogP contribution in [0, 0.1) is 0 Å². The van der Waals surface area contributed by atoms with Gasteiger partial charge in [-0.25, -0.2) is 9.13 Å². The van der Waals surface area contributed by atoms with Crippen LogP contribution >= 0.6 is 0 Å². The number of hydrogen-bond acceptors (Lipinski definition) is 0. The van der Waals surface area contributed by atoms with E-state index in [0.29, 0.717) is 0 Å². The van der Waals surface area contributed by atoms with Crippen LogP contribution in [0.1, 0.15) is 110 Å². The summed E-state index contributed by atoms with van der Waals surface area (Å²) in [5, 5.41) is 0. The molecule has 0 amide bonds. The van der Waals surface area contributed by atoms with Gasteiger partial charge in [0.15, 0.2) is 0 Å². The van der Waals surface area contributed by atoms with Gasteiger partial charge in [-0.05, 0) is 19.3 Å². The lowest BCUT2D eigenvalue weighted by atomic mass is 10.0. The summed E-state index contributed by atoms with van der Waals surface area (Å²) < 4.78 is 4.64. The minimum atomic E-state index is 1.14. The van der Waals surface area contributed by atoms with E-state index in [-0.39, 0.29) is 0 Å². The molecule has 0 spiro atoms. The van der Waals surface area contributed by atoms with Crippen LogP contribution in [-0.4, -0.2) is 4.57 Å². The Balaban J connectivity index is 1.79. The fourth-order valence-electron chi connectivity index (χ4n) is 3.45. The second kappa shape index (κ2) is 15.7. The van der Waals surface area contributed by atoms with Crippen LogP contribution in [0.3, 0.4) is 0 Å². The molecular formula is C22H43N2+. The normalized spacial score (nSPS) is 11.2. The van der Waals surface area contributed by atoms with E-state index in [9.17, 15) is 0 Å². The molecule has 0 saturated heterocycles. The second-order valence-corrected chi connectivity index (χ2v) is 7.49. The average Bonchev–Trinajstić information content (AvgIpc) is 3.03. The summed E-state index contributed by atoms with van der Waals surface area (Å²) in [6, 6.07) is 0. The first-order chi connectivity index (χ1) is 11.9. The molecule has 2 heteroatoms. The maximum absolute atomic E-state index is 2.34. The van der Waals surface area contributed by atoms with E-state index in [1.807, 2.05) is 0 Å². The topological polar surface area (TPSA) is 8.81 Å². The minimum absolute atomic E-state index is 1.14. The third-order valence-corrected chi connectivity index (χ3v) is 5.00. The quantitative estimate of drug-likeness (QED) is 0.222. The van der Waals surface area contributed by atoms with Crippen molar-refractivity contribution in [3.63, 3.8) is 0 Å². The standard InChI is InChI=1S/C22H43N2/c1-3-5-6-7-8-9-10-11-12-13-14-15-16-17-19-24-21-20-23(22-24)18-4-2/h20-22H,3-19H2,1-2H3/q+1. The molecule has 0 N–H and O–H groups in total. The third kappa shape index (κ3) is 11.7. The Morgan fingerprint density at radius 3 is 1.62 bits per heavy atom. The molecule has 0 radical (unpaired) electrons. The smallest absolute Gasteiger partial charge is 0.237 e. The maximum Gasteiger partial charge on any atom is 0.243 e.